The fraction of sp³-hybridized carbons (Fsp3) is 0.500. The molecule has 0 bridgehead atoms. The van der Waals surface area contributed by atoms with Crippen LogP contribution >= 0.6 is 23.4 Å². The first-order chi connectivity index (χ1) is 23.8. The molecule has 1 fully saturated rings. The van der Waals surface area contributed by atoms with E-state index in [1.807, 2.05) is 46.8 Å². The van der Waals surface area contributed by atoms with Crippen LogP contribution in [0.3, 0.4) is 0 Å². The monoisotopic (exact) mass is 751 g/mol. The number of aromatic nitrogens is 1. The molecule has 2 aromatic carbocycles. The molecule has 1 aliphatic rings. The average molecular weight is 752 g/mol. The van der Waals surface area contributed by atoms with E-state index in [1.165, 1.54) is 11.8 Å². The molecule has 7 nitrogen and oxygen atoms in total. The summed E-state index contributed by atoms with van der Waals surface area (Å²) >= 11 is 7.80. The predicted molar refractivity (Wildman–Crippen MR) is 195 cm³/mol. The highest BCUT2D eigenvalue weighted by atomic mass is 35.5. The highest BCUT2D eigenvalue weighted by molar-refractivity contribution is 8.07. The van der Waals surface area contributed by atoms with Crippen LogP contribution in [0.15, 0.2) is 41.3 Å². The van der Waals surface area contributed by atoms with Gasteiger partial charge in [0, 0.05) is 34.9 Å². The van der Waals surface area contributed by atoms with Gasteiger partial charge in [0.2, 0.25) is 5.91 Å². The van der Waals surface area contributed by atoms with Gasteiger partial charge in [-0.1, -0.05) is 43.1 Å². The fourth-order valence-corrected chi connectivity index (χ4v) is 8.12. The van der Waals surface area contributed by atoms with E-state index < -0.39 is 57.6 Å². The summed E-state index contributed by atoms with van der Waals surface area (Å²) < 4.78 is 63.9. The van der Waals surface area contributed by atoms with Gasteiger partial charge in [-0.05, 0) is 100 Å². The molecule has 0 saturated carbocycles. The number of pyridine rings is 1. The summed E-state index contributed by atoms with van der Waals surface area (Å²) in [6, 6.07) is 5.96. The van der Waals surface area contributed by atoms with Gasteiger partial charge in [-0.15, -0.1) is 11.8 Å². The Morgan fingerprint density at radius 1 is 1.08 bits per heavy atom. The first kappa shape index (κ1) is 40.4. The van der Waals surface area contributed by atoms with Gasteiger partial charge in [-0.2, -0.15) is 13.2 Å². The highest BCUT2D eigenvalue weighted by Crippen LogP contribution is 2.58. The minimum atomic E-state index is -4.76. The fourth-order valence-electron chi connectivity index (χ4n) is 6.64. The molecule has 13 heteroatoms. The van der Waals surface area contributed by atoms with Crippen LogP contribution in [0.5, 0.6) is 0 Å². The molecule has 1 aliphatic heterocycles. The van der Waals surface area contributed by atoms with Crippen LogP contribution in [0.1, 0.15) is 78.3 Å². The van der Waals surface area contributed by atoms with E-state index in [0.717, 1.165) is 38.6 Å². The minimum absolute atomic E-state index is 0.00115. The Labute approximate surface area is 306 Å². The number of alkyl halides is 3. The van der Waals surface area contributed by atoms with Gasteiger partial charge in [0.25, 0.3) is 5.56 Å². The molecule has 0 radical (unpaired) electrons. The lowest BCUT2D eigenvalue weighted by Gasteiger charge is -2.26. The first-order valence-corrected chi connectivity index (χ1v) is 18.3. The Bertz CT molecular complexity index is 1800. The quantitative estimate of drug-likeness (QED) is 0.102. The second-order valence-electron chi connectivity index (χ2n) is 13.9. The maximum atomic E-state index is 15.7. The summed E-state index contributed by atoms with van der Waals surface area (Å²) in [4.78, 5) is 41.9. The number of hydrogen-bond acceptors (Lipinski definition) is 6. The number of carbonyl (C=O) groups is 2. The number of esters is 1. The molecule has 51 heavy (non-hydrogen) atoms. The van der Waals surface area contributed by atoms with E-state index in [0.29, 0.717) is 11.6 Å². The third-order valence-electron chi connectivity index (χ3n) is 8.90. The second kappa shape index (κ2) is 16.5. The van der Waals surface area contributed by atoms with Gasteiger partial charge >= 0.3 is 12.1 Å². The number of halogens is 5. The smallest absolute Gasteiger partial charge is 0.416 e. The van der Waals surface area contributed by atoms with E-state index in [1.54, 1.807) is 38.1 Å². The third kappa shape index (κ3) is 9.96. The number of benzene rings is 2. The Hall–Kier alpha value is -3.35. The van der Waals surface area contributed by atoms with Crippen molar-refractivity contribution < 1.29 is 31.9 Å². The molecule has 0 spiro atoms. The summed E-state index contributed by atoms with van der Waals surface area (Å²) in [6.07, 6.45) is -3.72. The van der Waals surface area contributed by atoms with E-state index in [2.05, 4.69) is 5.32 Å². The number of likely N-dealkylation sites (N-methyl/N-ethyl adjacent to an activating group) is 1. The zero-order valence-electron chi connectivity index (χ0n) is 30.2. The second-order valence-corrected chi connectivity index (χ2v) is 15.7. The summed E-state index contributed by atoms with van der Waals surface area (Å²) in [5, 5.41) is 1.93. The van der Waals surface area contributed by atoms with Crippen molar-refractivity contribution in [1.82, 2.24) is 14.8 Å². The van der Waals surface area contributed by atoms with Crippen molar-refractivity contribution in [3.63, 3.8) is 0 Å². The van der Waals surface area contributed by atoms with Crippen molar-refractivity contribution in [2.75, 3.05) is 27.2 Å². The molecule has 278 valence electrons. The van der Waals surface area contributed by atoms with E-state index >= 15 is 4.39 Å². The Kier molecular flexibility index (Phi) is 13.1. The summed E-state index contributed by atoms with van der Waals surface area (Å²) in [5.41, 5.74) is 3.01. The minimum Gasteiger partial charge on any atom is -0.466 e. The lowest BCUT2D eigenvalue weighted by molar-refractivity contribution is -0.144. The normalized spacial score (nSPS) is 17.1. The van der Waals surface area contributed by atoms with Crippen LogP contribution in [0.2, 0.25) is 5.02 Å². The third-order valence-corrected chi connectivity index (χ3v) is 10.6. The van der Waals surface area contributed by atoms with Gasteiger partial charge in [0.1, 0.15) is 11.9 Å². The Morgan fingerprint density at radius 2 is 1.73 bits per heavy atom. The molecule has 4 atom stereocenters. The summed E-state index contributed by atoms with van der Waals surface area (Å²) in [7, 11) is 3.46. The van der Waals surface area contributed by atoms with Gasteiger partial charge in [0.15, 0.2) is 0 Å². The molecule has 3 aromatic rings. The van der Waals surface area contributed by atoms with Crippen molar-refractivity contribution in [2.24, 2.45) is 5.92 Å². The van der Waals surface area contributed by atoms with Crippen molar-refractivity contribution in [3.8, 4) is 11.1 Å². The summed E-state index contributed by atoms with van der Waals surface area (Å²) in [5.74, 6) is -1.93. The highest BCUT2D eigenvalue weighted by Gasteiger charge is 2.49. The molecular weight excluding hydrogens is 706 g/mol. The number of ether oxygens (including phenoxy) is 1. The SMILES string of the molecule is CCOC(=O)C[C@H](NC(=O)C(CC(C)C)n1cc(CCN(C)C)c(C(F)(F)F)cc1=O)C1SC1c1cc(-c2c(C)cc(C)cc2C)cc(Cl)c1F. The lowest BCUT2D eigenvalue weighted by Crippen LogP contribution is -2.46. The van der Waals surface area contributed by atoms with E-state index in [9.17, 15) is 27.6 Å². The lowest BCUT2D eigenvalue weighted by atomic mass is 9.91. The zero-order valence-corrected chi connectivity index (χ0v) is 31.8. The van der Waals surface area contributed by atoms with Crippen LogP contribution in [0.25, 0.3) is 11.1 Å². The number of rotatable bonds is 14. The standard InChI is InChI=1S/C38H46ClF4N3O4S/c1-9-50-32(48)18-29(36-35(51-36)26-15-25(16-28(39)34(26)40)33-22(5)13-21(4)14-23(33)6)44-37(49)30(12-20(2)3)46-19-24(10-11-45(7)8)27(17-31(46)47)38(41,42)43/h13-17,19-20,29-30,35-36H,9-12,18H2,1-8H3,(H,44,49)/t29-,30?,35?,36?/m0/s1. The molecule has 1 saturated heterocycles. The largest absolute Gasteiger partial charge is 0.466 e. The Balaban J connectivity index is 1.71. The number of hydrogen-bond donors (Lipinski definition) is 1. The maximum absolute atomic E-state index is 15.7. The summed E-state index contributed by atoms with van der Waals surface area (Å²) in [6.45, 7) is 11.7. The first-order valence-electron chi connectivity index (χ1n) is 17.0. The molecule has 1 N–H and O–H groups in total. The van der Waals surface area contributed by atoms with E-state index in [4.69, 9.17) is 16.3 Å². The molecule has 1 amide bonds. The number of nitrogens with one attached hydrogen (secondary N) is 1. The molecule has 3 unspecified atom stereocenters. The van der Waals surface area contributed by atoms with Crippen LogP contribution in [0, 0.1) is 32.5 Å². The van der Waals surface area contributed by atoms with Crippen molar-refractivity contribution in [3.05, 3.63) is 91.1 Å². The zero-order chi connectivity index (χ0) is 37.9. The number of nitrogens with zero attached hydrogens (tertiary/aromatic N) is 2. The number of aryl methyl sites for hydroxylation is 3. The number of amides is 1. The molecule has 0 aliphatic carbocycles. The predicted octanol–water partition coefficient (Wildman–Crippen LogP) is 8.24. The van der Waals surface area contributed by atoms with Gasteiger partial charge in [-0.25, -0.2) is 4.39 Å². The van der Waals surface area contributed by atoms with Crippen molar-refractivity contribution in [2.45, 2.75) is 89.6 Å². The van der Waals surface area contributed by atoms with Crippen LogP contribution in [0.4, 0.5) is 17.6 Å². The van der Waals surface area contributed by atoms with Crippen LogP contribution in [-0.4, -0.2) is 59.9 Å². The van der Waals surface area contributed by atoms with Crippen molar-refractivity contribution in [1.29, 1.82) is 0 Å². The van der Waals surface area contributed by atoms with Gasteiger partial charge < -0.3 is 19.5 Å². The Morgan fingerprint density at radius 3 is 2.29 bits per heavy atom. The van der Waals surface area contributed by atoms with Crippen LogP contribution < -0.4 is 10.9 Å². The van der Waals surface area contributed by atoms with E-state index in [-0.39, 0.29) is 48.9 Å². The molecular formula is C38H46ClF4N3O4S. The van der Waals surface area contributed by atoms with Crippen molar-refractivity contribution >= 4 is 35.2 Å². The topological polar surface area (TPSA) is 80.6 Å². The molecule has 2 heterocycles. The van der Waals surface area contributed by atoms with Crippen LogP contribution in [-0.2, 0) is 26.9 Å². The maximum Gasteiger partial charge on any atom is 0.416 e. The number of thioether (sulfide) groups is 1. The number of carbonyl (C=O) groups excluding carboxylic acids is 2. The van der Waals surface area contributed by atoms with Gasteiger partial charge in [0.05, 0.1) is 29.7 Å². The van der Waals surface area contributed by atoms with Gasteiger partial charge in [-0.3, -0.25) is 14.4 Å². The molecule has 4 rings (SSSR count). The molecule has 1 aromatic heterocycles. The average Bonchev–Trinajstić information content (AvgIpc) is 3.80.